The molecule has 0 aromatic carbocycles. The standard InChI is InChI=1S/C6H11ClO3S/c1-6(2,3)11(9,10)4-5(7)8/h4H2,1-3H3. The highest BCUT2D eigenvalue weighted by atomic mass is 35.5. The Morgan fingerprint density at radius 2 is 1.73 bits per heavy atom. The topological polar surface area (TPSA) is 51.2 Å². The third-order valence-electron chi connectivity index (χ3n) is 1.24. The van der Waals surface area contributed by atoms with Gasteiger partial charge in [-0.05, 0) is 32.4 Å². The van der Waals surface area contributed by atoms with E-state index >= 15 is 0 Å². The lowest BCUT2D eigenvalue weighted by Crippen LogP contribution is -2.32. The van der Waals surface area contributed by atoms with Gasteiger partial charge in [-0.25, -0.2) is 8.42 Å². The second kappa shape index (κ2) is 3.11. The second-order valence-corrected chi connectivity index (χ2v) is 6.39. The Morgan fingerprint density at radius 1 is 1.36 bits per heavy atom. The van der Waals surface area contributed by atoms with Crippen molar-refractivity contribution in [3.8, 4) is 0 Å². The van der Waals surface area contributed by atoms with E-state index in [1.165, 1.54) is 20.8 Å². The normalized spacial score (nSPS) is 13.1. The van der Waals surface area contributed by atoms with Crippen molar-refractivity contribution in [1.82, 2.24) is 0 Å². The number of carbonyl (C=O) groups excluding carboxylic acids is 1. The number of hydrogen-bond acceptors (Lipinski definition) is 3. The zero-order chi connectivity index (χ0) is 9.28. The predicted molar refractivity (Wildman–Crippen MR) is 44.4 cm³/mol. The molecule has 0 aliphatic heterocycles. The quantitative estimate of drug-likeness (QED) is 0.622. The summed E-state index contributed by atoms with van der Waals surface area (Å²) in [5, 5.41) is -0.833. The first kappa shape index (κ1) is 10.9. The first-order chi connectivity index (χ1) is 4.67. The highest BCUT2D eigenvalue weighted by Gasteiger charge is 2.30. The molecular formula is C6H11ClO3S. The maximum atomic E-state index is 11.2. The number of hydrogen-bond donors (Lipinski definition) is 0. The van der Waals surface area contributed by atoms with Crippen LogP contribution in [0.3, 0.4) is 0 Å². The van der Waals surface area contributed by atoms with Gasteiger partial charge in [-0.2, -0.15) is 0 Å². The summed E-state index contributed by atoms with van der Waals surface area (Å²) >= 11 is 4.95. The third-order valence-corrected chi connectivity index (χ3v) is 4.04. The van der Waals surface area contributed by atoms with Gasteiger partial charge in [0.2, 0.25) is 5.24 Å². The van der Waals surface area contributed by atoms with Crippen LogP contribution in [0.2, 0.25) is 0 Å². The molecule has 0 amide bonds. The summed E-state index contributed by atoms with van der Waals surface area (Å²) in [5.74, 6) is -0.585. The largest absolute Gasteiger partial charge is 0.280 e. The molecule has 0 aliphatic rings. The molecular weight excluding hydrogens is 188 g/mol. The predicted octanol–water partition coefficient (Wildman–Crippen LogP) is 0.965. The van der Waals surface area contributed by atoms with Crippen molar-refractivity contribution in [3.05, 3.63) is 0 Å². The van der Waals surface area contributed by atoms with Crippen LogP contribution in [0.15, 0.2) is 0 Å². The number of carbonyl (C=O) groups is 1. The molecule has 11 heavy (non-hydrogen) atoms. The molecule has 0 N–H and O–H groups in total. The van der Waals surface area contributed by atoms with E-state index < -0.39 is 25.6 Å². The molecule has 0 saturated carbocycles. The molecule has 0 rings (SSSR count). The summed E-state index contributed by atoms with van der Waals surface area (Å²) in [6, 6.07) is 0. The van der Waals surface area contributed by atoms with Gasteiger partial charge in [0.1, 0.15) is 5.75 Å². The van der Waals surface area contributed by atoms with Crippen LogP contribution in [0.4, 0.5) is 0 Å². The van der Waals surface area contributed by atoms with Crippen LogP contribution in [0.5, 0.6) is 0 Å². The molecule has 0 fully saturated rings. The lowest BCUT2D eigenvalue weighted by Gasteiger charge is -2.17. The van der Waals surface area contributed by atoms with Gasteiger partial charge in [-0.1, -0.05) is 0 Å². The Labute approximate surface area is 71.7 Å². The van der Waals surface area contributed by atoms with Crippen LogP contribution in [0.1, 0.15) is 20.8 Å². The SMILES string of the molecule is CC(C)(C)S(=O)(=O)CC(=O)Cl. The summed E-state index contributed by atoms with van der Waals surface area (Å²) in [6.07, 6.45) is 0. The van der Waals surface area contributed by atoms with Crippen LogP contribution in [0.25, 0.3) is 0 Å². The van der Waals surface area contributed by atoms with Crippen LogP contribution in [-0.4, -0.2) is 24.2 Å². The molecule has 0 heterocycles. The molecule has 5 heteroatoms. The molecule has 0 bridgehead atoms. The Bertz CT molecular complexity index is 247. The summed E-state index contributed by atoms with van der Waals surface area (Å²) < 4.78 is 21.4. The fourth-order valence-electron chi connectivity index (χ4n) is 0.366. The molecule has 0 aliphatic carbocycles. The second-order valence-electron chi connectivity index (χ2n) is 3.23. The van der Waals surface area contributed by atoms with Gasteiger partial charge in [0, 0.05) is 0 Å². The van der Waals surface area contributed by atoms with E-state index in [4.69, 9.17) is 11.6 Å². The molecule has 0 radical (unpaired) electrons. The van der Waals surface area contributed by atoms with Crippen LogP contribution in [0, 0.1) is 0 Å². The van der Waals surface area contributed by atoms with E-state index in [2.05, 4.69) is 0 Å². The zero-order valence-corrected chi connectivity index (χ0v) is 8.29. The van der Waals surface area contributed by atoms with Crippen LogP contribution < -0.4 is 0 Å². The fourth-order valence-corrected chi connectivity index (χ4v) is 1.53. The minimum Gasteiger partial charge on any atom is -0.280 e. The van der Waals surface area contributed by atoms with Crippen molar-refractivity contribution in [2.75, 3.05) is 5.75 Å². The first-order valence-electron chi connectivity index (χ1n) is 3.07. The molecule has 0 spiro atoms. The maximum absolute atomic E-state index is 11.2. The first-order valence-corrected chi connectivity index (χ1v) is 5.10. The molecule has 0 saturated heterocycles. The van der Waals surface area contributed by atoms with Gasteiger partial charge in [0.05, 0.1) is 4.75 Å². The maximum Gasteiger partial charge on any atom is 0.236 e. The zero-order valence-electron chi connectivity index (χ0n) is 6.72. The van der Waals surface area contributed by atoms with E-state index in [-0.39, 0.29) is 0 Å². The van der Waals surface area contributed by atoms with Crippen LogP contribution >= 0.6 is 11.6 Å². The van der Waals surface area contributed by atoms with Crippen molar-refractivity contribution in [1.29, 1.82) is 0 Å². The van der Waals surface area contributed by atoms with E-state index in [0.717, 1.165) is 0 Å². The Balaban J connectivity index is 4.64. The van der Waals surface area contributed by atoms with Crippen molar-refractivity contribution in [3.63, 3.8) is 0 Å². The molecule has 0 unspecified atom stereocenters. The summed E-state index contributed by atoms with van der Waals surface area (Å²) in [7, 11) is -3.38. The molecule has 0 atom stereocenters. The van der Waals surface area contributed by atoms with Crippen molar-refractivity contribution < 1.29 is 13.2 Å². The van der Waals surface area contributed by atoms with Gasteiger partial charge in [0.25, 0.3) is 0 Å². The van der Waals surface area contributed by atoms with Gasteiger partial charge in [0.15, 0.2) is 9.84 Å². The average molecular weight is 199 g/mol. The summed E-state index contributed by atoms with van der Waals surface area (Å²) in [6.45, 7) is 4.59. The Hall–Kier alpha value is -0.0900. The smallest absolute Gasteiger partial charge is 0.236 e. The monoisotopic (exact) mass is 198 g/mol. The van der Waals surface area contributed by atoms with E-state index in [0.29, 0.717) is 0 Å². The fraction of sp³-hybridized carbons (Fsp3) is 0.833. The number of rotatable bonds is 2. The lowest BCUT2D eigenvalue weighted by atomic mass is 10.3. The van der Waals surface area contributed by atoms with E-state index in [1.807, 2.05) is 0 Å². The van der Waals surface area contributed by atoms with Crippen LogP contribution in [-0.2, 0) is 14.6 Å². The van der Waals surface area contributed by atoms with Gasteiger partial charge < -0.3 is 0 Å². The minimum atomic E-state index is -3.38. The Kier molecular flexibility index (Phi) is 3.08. The van der Waals surface area contributed by atoms with Gasteiger partial charge in [-0.3, -0.25) is 4.79 Å². The highest BCUT2D eigenvalue weighted by molar-refractivity contribution is 7.93. The van der Waals surface area contributed by atoms with Gasteiger partial charge >= 0.3 is 0 Å². The Morgan fingerprint density at radius 3 is 1.82 bits per heavy atom. The molecule has 66 valence electrons. The summed E-state index contributed by atoms with van der Waals surface area (Å²) in [5.41, 5.74) is 0. The third kappa shape index (κ3) is 3.20. The molecule has 0 aromatic heterocycles. The van der Waals surface area contributed by atoms with Gasteiger partial charge in [-0.15, -0.1) is 0 Å². The molecule has 0 aromatic rings. The summed E-state index contributed by atoms with van der Waals surface area (Å²) in [4.78, 5) is 10.3. The van der Waals surface area contributed by atoms with E-state index in [9.17, 15) is 13.2 Å². The molecule has 3 nitrogen and oxygen atoms in total. The average Bonchev–Trinajstić information content (AvgIpc) is 1.56. The van der Waals surface area contributed by atoms with Crippen molar-refractivity contribution in [2.24, 2.45) is 0 Å². The minimum absolute atomic E-state index is 0.585. The van der Waals surface area contributed by atoms with Crippen molar-refractivity contribution >= 4 is 26.7 Å². The number of halogens is 1. The van der Waals surface area contributed by atoms with E-state index in [1.54, 1.807) is 0 Å². The number of sulfone groups is 1. The lowest BCUT2D eigenvalue weighted by molar-refractivity contribution is -0.109. The highest BCUT2D eigenvalue weighted by Crippen LogP contribution is 2.16. The van der Waals surface area contributed by atoms with Crippen molar-refractivity contribution in [2.45, 2.75) is 25.5 Å².